The average Bonchev–Trinajstić information content (AvgIpc) is 2.15. The molecule has 1 aromatic rings. The third-order valence-corrected chi connectivity index (χ3v) is 1.54. The zero-order valence-electron chi connectivity index (χ0n) is 6.71. The molecule has 0 aliphatic carbocycles. The molecular formula is C6H4Cl2Hg2O2S. The van der Waals surface area contributed by atoms with E-state index in [1.54, 1.807) is 6.07 Å². The minimum absolute atomic E-state index is 0. The van der Waals surface area contributed by atoms with Crippen molar-refractivity contribution >= 4 is 29.7 Å². The van der Waals surface area contributed by atoms with E-state index in [2.05, 4.69) is 11.4 Å². The molecule has 0 spiro atoms. The Kier molecular flexibility index (Phi) is 24.7. The summed E-state index contributed by atoms with van der Waals surface area (Å²) < 4.78 is 0. The summed E-state index contributed by atoms with van der Waals surface area (Å²) in [6.07, 6.45) is -0.0231. The van der Waals surface area contributed by atoms with Crippen molar-refractivity contribution in [1.29, 1.82) is 0 Å². The van der Waals surface area contributed by atoms with Crippen molar-refractivity contribution in [2.75, 3.05) is 0 Å². The zero-order valence-corrected chi connectivity index (χ0v) is 20.1. The van der Waals surface area contributed by atoms with E-state index in [-0.39, 0.29) is 86.6 Å². The van der Waals surface area contributed by atoms with Crippen LogP contribution >= 0.6 is 23.7 Å². The molecule has 0 bridgehead atoms. The van der Waals surface area contributed by atoms with Gasteiger partial charge in [0.2, 0.25) is 0 Å². The van der Waals surface area contributed by atoms with Crippen LogP contribution in [0.25, 0.3) is 0 Å². The first-order valence-corrected chi connectivity index (χ1v) is 3.17. The van der Waals surface area contributed by atoms with Crippen molar-refractivity contribution in [3.63, 3.8) is 0 Å². The van der Waals surface area contributed by atoms with Crippen molar-refractivity contribution in [3.05, 3.63) is 22.4 Å². The van der Waals surface area contributed by atoms with Crippen LogP contribution in [0.1, 0.15) is 4.88 Å². The van der Waals surface area contributed by atoms with Gasteiger partial charge in [-0.25, -0.2) is 0 Å². The van der Waals surface area contributed by atoms with E-state index >= 15 is 0 Å². The number of hydrogen-bond acceptors (Lipinski definition) is 3. The van der Waals surface area contributed by atoms with Crippen LogP contribution < -0.4 is 17.5 Å². The van der Waals surface area contributed by atoms with Gasteiger partial charge >= 0.3 is 55.3 Å². The molecule has 0 aliphatic rings. The summed E-state index contributed by atoms with van der Waals surface area (Å²) in [5, 5.41) is 12.6. The normalized spacial score (nSPS) is 5.85. The molecule has 13 heavy (non-hydrogen) atoms. The number of carbonyl (C=O) groups excluding carboxylic acids is 1. The van der Waals surface area contributed by atoms with E-state index in [1.165, 1.54) is 11.3 Å². The molecule has 64 valence electrons. The third-order valence-electron chi connectivity index (χ3n) is 0.793. The summed E-state index contributed by atoms with van der Waals surface area (Å²) in [6, 6.07) is 4.24. The van der Waals surface area contributed by atoms with Crippen LogP contribution in [0.3, 0.4) is 0 Å². The van der Waals surface area contributed by atoms with Crippen LogP contribution in [0, 0.1) is 11.4 Å². The summed E-state index contributed by atoms with van der Waals surface area (Å²) in [7, 11) is 0. The van der Waals surface area contributed by atoms with Gasteiger partial charge < -0.3 is 22.3 Å². The number of carboxylic acids is 1. The molecule has 0 aromatic carbocycles. The Balaban J connectivity index is -0.000000101. The molecule has 1 aromatic heterocycles. The van der Waals surface area contributed by atoms with E-state index in [4.69, 9.17) is 0 Å². The van der Waals surface area contributed by atoms with Crippen LogP contribution in [0.15, 0.2) is 6.07 Å². The van der Waals surface area contributed by atoms with Crippen molar-refractivity contribution in [1.82, 2.24) is 0 Å². The van der Waals surface area contributed by atoms with E-state index in [9.17, 15) is 9.90 Å². The number of hydrogen-bond donors (Lipinski definition) is 0. The van der Waals surface area contributed by atoms with Gasteiger partial charge in [-0.2, -0.15) is 0 Å². The maximum atomic E-state index is 9.93. The molecule has 1 heterocycles. The van der Waals surface area contributed by atoms with Gasteiger partial charge in [0.05, 0.1) is 0 Å². The average molecular weight is 612 g/mol. The molecule has 0 saturated carbocycles. The van der Waals surface area contributed by atoms with Gasteiger partial charge in [-0.1, -0.05) is 17.4 Å². The predicted octanol–water partition coefficient (Wildman–Crippen LogP) is -2.94. The molecule has 0 amide bonds. The Morgan fingerprint density at radius 1 is 1.54 bits per heavy atom. The second-order valence-corrected chi connectivity index (χ2v) is 2.44. The van der Waals surface area contributed by atoms with Crippen LogP contribution in [0.2, 0.25) is 0 Å². The monoisotopic (exact) mass is 614 g/mol. The Bertz CT molecular complexity index is 206. The standard InChI is InChI=1S/C6H4O2S.2ClH.2Hg/c7-6(8)4-5-2-1-3-9-5;;;;/h2H,4H2,(H,7,8);2*1H;;/q;;;2*+1/p-2. The first-order chi connectivity index (χ1) is 4.29. The van der Waals surface area contributed by atoms with E-state index in [0.717, 1.165) is 4.88 Å². The largest absolute Gasteiger partial charge is 1.00 e. The molecule has 0 atom stereocenters. The second kappa shape index (κ2) is 13.4. The molecule has 0 N–H and O–H groups in total. The van der Waals surface area contributed by atoms with E-state index in [0.29, 0.717) is 0 Å². The van der Waals surface area contributed by atoms with Gasteiger partial charge in [0.25, 0.3) is 0 Å². The molecular weight excluding hydrogens is 608 g/mol. The topological polar surface area (TPSA) is 40.1 Å². The second-order valence-electron chi connectivity index (χ2n) is 1.51. The SMILES string of the molecule is Cl.O=C([O-])Cc1cc#cs1.[Cl-].[Hg+].[Hg+]. The summed E-state index contributed by atoms with van der Waals surface area (Å²) >= 11 is 1.25. The molecule has 7 heteroatoms. The zero-order chi connectivity index (χ0) is 6.69. The Hall–Kier alpha value is 1.44. The maximum absolute atomic E-state index is 9.93. The van der Waals surface area contributed by atoms with Crippen molar-refractivity contribution in [2.45, 2.75) is 6.42 Å². The number of halogens is 2. The fraction of sp³-hybridized carbons (Fsp3) is 0.167. The van der Waals surface area contributed by atoms with Crippen molar-refractivity contribution in [2.24, 2.45) is 0 Å². The quantitative estimate of drug-likeness (QED) is 0.336. The van der Waals surface area contributed by atoms with Crippen LogP contribution in [-0.2, 0) is 66.6 Å². The Morgan fingerprint density at radius 2 is 2.08 bits per heavy atom. The summed E-state index contributed by atoms with van der Waals surface area (Å²) in [6.45, 7) is 0. The summed E-state index contributed by atoms with van der Waals surface area (Å²) in [5.74, 6) is -1.06. The van der Waals surface area contributed by atoms with Gasteiger partial charge in [-0.05, 0) is 5.38 Å². The van der Waals surface area contributed by atoms with Crippen LogP contribution in [-0.4, -0.2) is 5.97 Å². The van der Waals surface area contributed by atoms with Gasteiger partial charge in [0.1, 0.15) is 0 Å². The van der Waals surface area contributed by atoms with Gasteiger partial charge in [0.15, 0.2) is 0 Å². The third kappa shape index (κ3) is 11.4. The fourth-order valence-electron chi connectivity index (χ4n) is 0.464. The van der Waals surface area contributed by atoms with Gasteiger partial charge in [0, 0.05) is 23.3 Å². The molecule has 0 fully saturated rings. The van der Waals surface area contributed by atoms with Crippen LogP contribution in [0.5, 0.6) is 0 Å². The summed E-state index contributed by atoms with van der Waals surface area (Å²) in [5.41, 5.74) is 0. The van der Waals surface area contributed by atoms with E-state index in [1.807, 2.05) is 0 Å². The molecule has 0 aliphatic heterocycles. The molecule has 0 saturated heterocycles. The fourth-order valence-corrected chi connectivity index (χ4v) is 1.02. The first kappa shape index (κ1) is 23.9. The number of carbonyl (C=O) groups is 1. The smallest absolute Gasteiger partial charge is 1.00 e. The maximum Gasteiger partial charge on any atom is 1.00 e. The number of carboxylic acid groups (broad SMARTS) is 1. The molecule has 2 radical (unpaired) electrons. The first-order valence-electron chi connectivity index (χ1n) is 2.35. The van der Waals surface area contributed by atoms with E-state index < -0.39 is 5.97 Å². The molecule has 2 nitrogen and oxygen atoms in total. The molecule has 1 rings (SSSR count). The van der Waals surface area contributed by atoms with Gasteiger partial charge in [-0.15, -0.1) is 12.4 Å². The summed E-state index contributed by atoms with van der Waals surface area (Å²) in [4.78, 5) is 10.7. The minimum atomic E-state index is -1.06. The van der Waals surface area contributed by atoms with Crippen molar-refractivity contribution < 1.29 is 77.6 Å². The Morgan fingerprint density at radius 3 is 2.38 bits per heavy atom. The number of rotatable bonds is 2. The Labute approximate surface area is 134 Å². The number of aliphatic carboxylic acids is 1. The van der Waals surface area contributed by atoms with Gasteiger partial charge in [-0.3, -0.25) is 0 Å². The predicted molar refractivity (Wildman–Crippen MR) is 38.0 cm³/mol. The van der Waals surface area contributed by atoms with Crippen LogP contribution in [0.4, 0.5) is 0 Å². The minimum Gasteiger partial charge on any atom is -1.00 e. The molecule has 0 unspecified atom stereocenters. The van der Waals surface area contributed by atoms with Crippen molar-refractivity contribution in [3.8, 4) is 0 Å².